The molecule has 2 aromatic rings. The lowest BCUT2D eigenvalue weighted by atomic mass is 10.0. The Labute approximate surface area is 150 Å². The van der Waals surface area contributed by atoms with Gasteiger partial charge < -0.3 is 19.4 Å². The van der Waals surface area contributed by atoms with Crippen molar-refractivity contribution in [3.63, 3.8) is 0 Å². The minimum absolute atomic E-state index is 0.101. The molecule has 1 aliphatic heterocycles. The van der Waals surface area contributed by atoms with Crippen LogP contribution in [0.2, 0.25) is 0 Å². The summed E-state index contributed by atoms with van der Waals surface area (Å²) in [6, 6.07) is 5.93. The molecule has 1 saturated heterocycles. The van der Waals surface area contributed by atoms with Gasteiger partial charge in [-0.3, -0.25) is 0 Å². The topological polar surface area (TPSA) is 46.0 Å². The molecule has 3 heterocycles. The zero-order valence-electron chi connectivity index (χ0n) is 15.5. The zero-order chi connectivity index (χ0) is 17.8. The third-order valence-corrected chi connectivity index (χ3v) is 4.85. The number of rotatable bonds is 6. The third-order valence-electron chi connectivity index (χ3n) is 4.85. The van der Waals surface area contributed by atoms with Gasteiger partial charge in [0, 0.05) is 44.1 Å². The normalized spacial score (nSPS) is 17.1. The van der Waals surface area contributed by atoms with E-state index in [9.17, 15) is 4.79 Å². The van der Waals surface area contributed by atoms with E-state index in [1.54, 1.807) is 0 Å². The first-order valence-corrected chi connectivity index (χ1v) is 9.28. The van der Waals surface area contributed by atoms with Gasteiger partial charge in [0.15, 0.2) is 0 Å². The quantitative estimate of drug-likeness (QED) is 0.819. The second kappa shape index (κ2) is 8.02. The van der Waals surface area contributed by atoms with E-state index in [-0.39, 0.29) is 12.1 Å². The summed E-state index contributed by atoms with van der Waals surface area (Å²) in [6.07, 6.45) is 5.17. The summed E-state index contributed by atoms with van der Waals surface area (Å²) >= 11 is 0. The fraction of sp³-hybridized carbons (Fsp3) is 0.550. The minimum atomic E-state index is -0.257. The van der Waals surface area contributed by atoms with Gasteiger partial charge in [0.1, 0.15) is 0 Å². The number of carbonyl (C=O) groups is 1. The molecular weight excluding hydrogens is 314 g/mol. The van der Waals surface area contributed by atoms with E-state index in [1.807, 2.05) is 32.2 Å². The molecule has 5 heteroatoms. The molecule has 0 bridgehead atoms. The van der Waals surface area contributed by atoms with Crippen LogP contribution in [0, 0.1) is 0 Å². The third kappa shape index (κ3) is 4.61. The van der Waals surface area contributed by atoms with E-state index >= 15 is 0 Å². The van der Waals surface area contributed by atoms with Crippen molar-refractivity contribution in [3.8, 4) is 0 Å². The van der Waals surface area contributed by atoms with Crippen LogP contribution >= 0.6 is 0 Å². The lowest BCUT2D eigenvalue weighted by Crippen LogP contribution is -2.43. The van der Waals surface area contributed by atoms with Gasteiger partial charge in [-0.1, -0.05) is 6.92 Å². The summed E-state index contributed by atoms with van der Waals surface area (Å²) in [5.74, 6) is 0.243. The van der Waals surface area contributed by atoms with Crippen molar-refractivity contribution in [1.29, 1.82) is 0 Å². The number of hydrogen-bond donors (Lipinski definition) is 1. The van der Waals surface area contributed by atoms with Crippen LogP contribution in [0.15, 0.2) is 30.6 Å². The first kappa shape index (κ1) is 18.0. The number of fused-ring (bicyclic) bond motifs is 1. The molecule has 136 valence electrons. The molecule has 1 atom stereocenters. The summed E-state index contributed by atoms with van der Waals surface area (Å²) in [7, 11) is 0. The maximum Gasteiger partial charge on any atom is 0.338 e. The largest absolute Gasteiger partial charge is 0.459 e. The Bertz CT molecular complexity index is 717. The molecule has 1 unspecified atom stereocenters. The van der Waals surface area contributed by atoms with Crippen LogP contribution in [0.5, 0.6) is 0 Å². The average Bonchev–Trinajstić information content (AvgIpc) is 3.03. The summed E-state index contributed by atoms with van der Waals surface area (Å²) in [4.78, 5) is 14.6. The van der Waals surface area contributed by atoms with Crippen molar-refractivity contribution in [2.75, 3.05) is 32.7 Å². The molecular formula is C20H29N3O2. The van der Waals surface area contributed by atoms with Crippen molar-refractivity contribution in [2.45, 2.75) is 39.2 Å². The number of pyridine rings is 1. The first-order chi connectivity index (χ1) is 12.0. The number of aromatic nitrogens is 1. The highest BCUT2D eigenvalue weighted by Crippen LogP contribution is 2.23. The number of piperazine rings is 1. The Morgan fingerprint density at radius 1 is 1.24 bits per heavy atom. The molecule has 25 heavy (non-hydrogen) atoms. The molecule has 1 fully saturated rings. The van der Waals surface area contributed by atoms with Gasteiger partial charge in [-0.2, -0.15) is 0 Å². The van der Waals surface area contributed by atoms with Gasteiger partial charge in [0.25, 0.3) is 0 Å². The van der Waals surface area contributed by atoms with Gasteiger partial charge in [0.05, 0.1) is 11.7 Å². The predicted molar refractivity (Wildman–Crippen MR) is 100 cm³/mol. The molecule has 0 aromatic carbocycles. The second-order valence-corrected chi connectivity index (χ2v) is 7.26. The predicted octanol–water partition coefficient (Wildman–Crippen LogP) is 2.90. The molecule has 1 N–H and O–H groups in total. The van der Waals surface area contributed by atoms with Crippen LogP contribution in [0.3, 0.4) is 0 Å². The molecule has 2 aromatic heterocycles. The highest BCUT2D eigenvalue weighted by molar-refractivity contribution is 5.90. The molecule has 0 aliphatic carbocycles. The van der Waals surface area contributed by atoms with E-state index < -0.39 is 0 Å². The molecule has 0 saturated carbocycles. The van der Waals surface area contributed by atoms with Crippen molar-refractivity contribution in [1.82, 2.24) is 14.6 Å². The van der Waals surface area contributed by atoms with Gasteiger partial charge in [0.2, 0.25) is 0 Å². The lowest BCUT2D eigenvalue weighted by molar-refractivity contribution is 0.0378. The summed E-state index contributed by atoms with van der Waals surface area (Å²) < 4.78 is 7.37. The lowest BCUT2D eigenvalue weighted by Gasteiger charge is -2.28. The van der Waals surface area contributed by atoms with Crippen LogP contribution in [0.25, 0.3) is 5.52 Å². The maximum atomic E-state index is 12.1. The van der Waals surface area contributed by atoms with Crippen molar-refractivity contribution in [3.05, 3.63) is 41.7 Å². The molecule has 0 radical (unpaired) electrons. The van der Waals surface area contributed by atoms with Crippen molar-refractivity contribution >= 4 is 11.5 Å². The SMILES string of the molecule is CC(C)OC(=O)c1ccn2cc(C(C)CCN3CCNCC3)cc2c1. The number of hydrogen-bond acceptors (Lipinski definition) is 4. The Morgan fingerprint density at radius 3 is 2.72 bits per heavy atom. The fourth-order valence-electron chi connectivity index (χ4n) is 3.29. The molecule has 0 spiro atoms. The van der Waals surface area contributed by atoms with Crippen LogP contribution in [-0.4, -0.2) is 54.1 Å². The molecule has 5 nitrogen and oxygen atoms in total. The molecule has 1 aliphatic rings. The van der Waals surface area contributed by atoms with Gasteiger partial charge in [-0.25, -0.2) is 4.79 Å². The number of carbonyl (C=O) groups excluding carboxylic acids is 1. The maximum absolute atomic E-state index is 12.1. The molecule has 0 amide bonds. The summed E-state index contributed by atoms with van der Waals surface area (Å²) in [6.45, 7) is 11.6. The van der Waals surface area contributed by atoms with Crippen LogP contribution in [0.1, 0.15) is 49.0 Å². The van der Waals surface area contributed by atoms with E-state index in [0.29, 0.717) is 11.5 Å². The second-order valence-electron chi connectivity index (χ2n) is 7.26. The van der Waals surface area contributed by atoms with Gasteiger partial charge in [-0.05, 0) is 56.5 Å². The number of ether oxygens (including phenoxy) is 1. The highest BCUT2D eigenvalue weighted by atomic mass is 16.5. The van der Waals surface area contributed by atoms with Crippen LogP contribution in [-0.2, 0) is 4.74 Å². The van der Waals surface area contributed by atoms with E-state index in [4.69, 9.17) is 4.74 Å². The van der Waals surface area contributed by atoms with Gasteiger partial charge >= 0.3 is 5.97 Å². The van der Waals surface area contributed by atoms with Gasteiger partial charge in [-0.15, -0.1) is 0 Å². The van der Waals surface area contributed by atoms with E-state index in [0.717, 1.165) is 44.7 Å². The Kier molecular flexibility index (Phi) is 5.76. The smallest absolute Gasteiger partial charge is 0.338 e. The number of esters is 1. The Balaban J connectivity index is 1.66. The van der Waals surface area contributed by atoms with Crippen molar-refractivity contribution < 1.29 is 9.53 Å². The zero-order valence-corrected chi connectivity index (χ0v) is 15.5. The van der Waals surface area contributed by atoms with E-state index in [1.165, 1.54) is 5.56 Å². The standard InChI is InChI=1S/C20H29N3O2/c1-15(2)25-20(24)17-5-9-23-14-18(13-19(23)12-17)16(3)4-8-22-10-6-21-7-11-22/h5,9,12-16,21H,4,6-8,10-11H2,1-3H3. The Morgan fingerprint density at radius 2 is 2.00 bits per heavy atom. The number of nitrogens with one attached hydrogen (secondary N) is 1. The fourth-order valence-corrected chi connectivity index (χ4v) is 3.29. The van der Waals surface area contributed by atoms with Crippen molar-refractivity contribution in [2.24, 2.45) is 0 Å². The van der Waals surface area contributed by atoms with Crippen LogP contribution in [0.4, 0.5) is 0 Å². The monoisotopic (exact) mass is 343 g/mol. The van der Waals surface area contributed by atoms with E-state index in [2.05, 4.69) is 33.8 Å². The average molecular weight is 343 g/mol. The van der Waals surface area contributed by atoms with Crippen LogP contribution < -0.4 is 5.32 Å². The number of nitrogens with zero attached hydrogens (tertiary/aromatic N) is 2. The molecule has 3 rings (SSSR count). The Hall–Kier alpha value is -1.85. The highest BCUT2D eigenvalue weighted by Gasteiger charge is 2.15. The first-order valence-electron chi connectivity index (χ1n) is 9.28. The minimum Gasteiger partial charge on any atom is -0.459 e. The summed E-state index contributed by atoms with van der Waals surface area (Å²) in [5, 5.41) is 3.40. The summed E-state index contributed by atoms with van der Waals surface area (Å²) in [5.41, 5.74) is 2.98.